The predicted molar refractivity (Wildman–Crippen MR) is 66.7 cm³/mol. The van der Waals surface area contributed by atoms with Gasteiger partial charge < -0.3 is 10.1 Å². The number of benzene rings is 1. The highest BCUT2D eigenvalue weighted by Gasteiger charge is 2.27. The van der Waals surface area contributed by atoms with E-state index in [1.807, 2.05) is 12.1 Å². The Morgan fingerprint density at radius 2 is 2.29 bits per heavy atom. The average molecular weight is 230 g/mol. The van der Waals surface area contributed by atoms with Gasteiger partial charge in [0.2, 0.25) is 0 Å². The van der Waals surface area contributed by atoms with Gasteiger partial charge in [0.25, 0.3) is 0 Å². The fourth-order valence-electron chi connectivity index (χ4n) is 2.02. The molecule has 1 unspecified atom stereocenters. The molecule has 2 rings (SSSR count). The topological polar surface area (TPSA) is 45.0 Å². The summed E-state index contributed by atoms with van der Waals surface area (Å²) in [4.78, 5) is 0. The monoisotopic (exact) mass is 230 g/mol. The van der Waals surface area contributed by atoms with E-state index >= 15 is 0 Å². The number of ether oxygens (including phenoxy) is 1. The first-order valence-electron chi connectivity index (χ1n) is 6.05. The van der Waals surface area contributed by atoms with E-state index in [9.17, 15) is 0 Å². The van der Waals surface area contributed by atoms with E-state index in [1.165, 1.54) is 12.8 Å². The Morgan fingerprint density at radius 1 is 1.53 bits per heavy atom. The van der Waals surface area contributed by atoms with Crippen molar-refractivity contribution in [3.8, 4) is 11.8 Å². The van der Waals surface area contributed by atoms with Crippen LogP contribution in [-0.4, -0.2) is 13.2 Å². The van der Waals surface area contributed by atoms with Crippen LogP contribution >= 0.6 is 0 Å². The lowest BCUT2D eigenvalue weighted by Gasteiger charge is -2.14. The minimum atomic E-state index is 0.547. The lowest BCUT2D eigenvalue weighted by atomic mass is 10.1. The highest BCUT2D eigenvalue weighted by atomic mass is 16.5. The maximum absolute atomic E-state index is 8.89. The van der Waals surface area contributed by atoms with Crippen LogP contribution in [0.3, 0.4) is 0 Å². The molecule has 1 N–H and O–H groups in total. The predicted octanol–water partition coefficient (Wildman–Crippen LogP) is 2.45. The molecule has 3 heteroatoms. The first-order valence-corrected chi connectivity index (χ1v) is 6.05. The van der Waals surface area contributed by atoms with Crippen LogP contribution in [-0.2, 0) is 6.54 Å². The summed E-state index contributed by atoms with van der Waals surface area (Å²) in [6.07, 6.45) is 2.67. The van der Waals surface area contributed by atoms with Gasteiger partial charge in [-0.1, -0.05) is 0 Å². The van der Waals surface area contributed by atoms with E-state index in [-0.39, 0.29) is 0 Å². The van der Waals surface area contributed by atoms with E-state index in [0.29, 0.717) is 11.6 Å². The standard InChI is InChI=1S/C14H18N2O/c1-10(12-4-5-12)16-9-13-7-11(8-15)3-6-14(13)17-2/h3,6-7,10,12,16H,4-5,9H2,1-2H3. The minimum Gasteiger partial charge on any atom is -0.496 e. The van der Waals surface area contributed by atoms with Crippen LogP contribution in [0.5, 0.6) is 5.75 Å². The Bertz CT molecular complexity index is 432. The van der Waals surface area contributed by atoms with Crippen LogP contribution in [0.4, 0.5) is 0 Å². The molecule has 0 amide bonds. The van der Waals surface area contributed by atoms with Crippen molar-refractivity contribution in [1.82, 2.24) is 5.32 Å². The van der Waals surface area contributed by atoms with Crippen molar-refractivity contribution in [2.45, 2.75) is 32.4 Å². The molecule has 0 spiro atoms. The molecule has 1 aliphatic rings. The third-order valence-electron chi connectivity index (χ3n) is 3.35. The largest absolute Gasteiger partial charge is 0.496 e. The first-order chi connectivity index (χ1) is 8.24. The summed E-state index contributed by atoms with van der Waals surface area (Å²) in [5, 5.41) is 12.4. The molecule has 90 valence electrons. The number of nitrogens with one attached hydrogen (secondary N) is 1. The zero-order valence-electron chi connectivity index (χ0n) is 10.4. The van der Waals surface area contributed by atoms with Crippen LogP contribution in [0.1, 0.15) is 30.9 Å². The highest BCUT2D eigenvalue weighted by molar-refractivity contribution is 5.42. The van der Waals surface area contributed by atoms with Gasteiger partial charge in [-0.3, -0.25) is 0 Å². The molecule has 0 radical (unpaired) electrons. The fourth-order valence-corrected chi connectivity index (χ4v) is 2.02. The molecule has 3 nitrogen and oxygen atoms in total. The zero-order valence-corrected chi connectivity index (χ0v) is 10.4. The first kappa shape index (κ1) is 11.9. The molecule has 0 aromatic heterocycles. The van der Waals surface area contributed by atoms with Crippen molar-refractivity contribution in [3.63, 3.8) is 0 Å². The van der Waals surface area contributed by atoms with Gasteiger partial charge in [0.1, 0.15) is 5.75 Å². The van der Waals surface area contributed by atoms with Crippen molar-refractivity contribution >= 4 is 0 Å². The molecule has 1 saturated carbocycles. The van der Waals surface area contributed by atoms with Gasteiger partial charge in [0, 0.05) is 18.2 Å². The molecule has 0 saturated heterocycles. The highest BCUT2D eigenvalue weighted by Crippen LogP contribution is 2.32. The van der Waals surface area contributed by atoms with Crippen LogP contribution in [0, 0.1) is 17.2 Å². The van der Waals surface area contributed by atoms with Crippen molar-refractivity contribution in [1.29, 1.82) is 5.26 Å². The summed E-state index contributed by atoms with van der Waals surface area (Å²) in [6.45, 7) is 2.98. The number of nitriles is 1. The summed E-state index contributed by atoms with van der Waals surface area (Å²) in [6, 6.07) is 8.24. The van der Waals surface area contributed by atoms with E-state index in [1.54, 1.807) is 13.2 Å². The van der Waals surface area contributed by atoms with Crippen molar-refractivity contribution in [2.75, 3.05) is 7.11 Å². The second-order valence-corrected chi connectivity index (χ2v) is 4.65. The molecule has 1 aromatic rings. The van der Waals surface area contributed by atoms with Crippen molar-refractivity contribution in [2.24, 2.45) is 5.92 Å². The number of hydrogen-bond acceptors (Lipinski definition) is 3. The summed E-state index contributed by atoms with van der Waals surface area (Å²) >= 11 is 0. The van der Waals surface area contributed by atoms with Gasteiger partial charge >= 0.3 is 0 Å². The Morgan fingerprint density at radius 3 is 2.88 bits per heavy atom. The van der Waals surface area contributed by atoms with Crippen molar-refractivity contribution in [3.05, 3.63) is 29.3 Å². The van der Waals surface area contributed by atoms with E-state index < -0.39 is 0 Å². The third kappa shape index (κ3) is 2.98. The molecule has 0 heterocycles. The van der Waals surface area contributed by atoms with Crippen LogP contribution < -0.4 is 10.1 Å². The van der Waals surface area contributed by atoms with Gasteiger partial charge in [-0.25, -0.2) is 0 Å². The Balaban J connectivity index is 2.04. The van der Waals surface area contributed by atoms with Crippen LogP contribution in [0.25, 0.3) is 0 Å². The summed E-state index contributed by atoms with van der Waals surface area (Å²) in [5.41, 5.74) is 1.74. The van der Waals surface area contributed by atoms with Crippen LogP contribution in [0.2, 0.25) is 0 Å². The Labute approximate surface area is 102 Å². The van der Waals surface area contributed by atoms with Gasteiger partial charge in [-0.15, -0.1) is 0 Å². The van der Waals surface area contributed by atoms with E-state index in [0.717, 1.165) is 23.8 Å². The quantitative estimate of drug-likeness (QED) is 0.845. The summed E-state index contributed by atoms with van der Waals surface area (Å²) in [5.74, 6) is 1.68. The summed E-state index contributed by atoms with van der Waals surface area (Å²) < 4.78 is 5.30. The zero-order chi connectivity index (χ0) is 12.3. The second kappa shape index (κ2) is 5.20. The smallest absolute Gasteiger partial charge is 0.123 e. The van der Waals surface area contributed by atoms with Crippen LogP contribution in [0.15, 0.2) is 18.2 Å². The average Bonchev–Trinajstić information content (AvgIpc) is 3.19. The maximum atomic E-state index is 8.89. The SMILES string of the molecule is COc1ccc(C#N)cc1CNC(C)C1CC1. The third-order valence-corrected chi connectivity index (χ3v) is 3.35. The second-order valence-electron chi connectivity index (χ2n) is 4.65. The number of rotatable bonds is 5. The van der Waals surface area contributed by atoms with E-state index in [2.05, 4.69) is 18.3 Å². The Hall–Kier alpha value is -1.53. The Kier molecular flexibility index (Phi) is 3.65. The van der Waals surface area contributed by atoms with Gasteiger partial charge in [0.05, 0.1) is 18.7 Å². The summed E-state index contributed by atoms with van der Waals surface area (Å²) in [7, 11) is 1.66. The van der Waals surface area contributed by atoms with Crippen molar-refractivity contribution < 1.29 is 4.74 Å². The molecule has 17 heavy (non-hydrogen) atoms. The molecule has 1 aromatic carbocycles. The van der Waals surface area contributed by atoms with E-state index in [4.69, 9.17) is 10.00 Å². The van der Waals surface area contributed by atoms with Gasteiger partial charge in [-0.05, 0) is 43.9 Å². The lowest BCUT2D eigenvalue weighted by molar-refractivity contribution is 0.403. The lowest BCUT2D eigenvalue weighted by Crippen LogP contribution is -2.27. The molecular formula is C14H18N2O. The molecule has 1 atom stereocenters. The molecule has 0 bridgehead atoms. The fraction of sp³-hybridized carbons (Fsp3) is 0.500. The van der Waals surface area contributed by atoms with Gasteiger partial charge in [-0.2, -0.15) is 5.26 Å². The normalized spacial score (nSPS) is 16.3. The number of methoxy groups -OCH3 is 1. The number of nitrogens with zero attached hydrogens (tertiary/aromatic N) is 1. The molecule has 1 aliphatic carbocycles. The molecule has 1 fully saturated rings. The molecular weight excluding hydrogens is 212 g/mol. The number of hydrogen-bond donors (Lipinski definition) is 1. The van der Waals surface area contributed by atoms with Gasteiger partial charge in [0.15, 0.2) is 0 Å². The maximum Gasteiger partial charge on any atom is 0.123 e. The molecule has 0 aliphatic heterocycles. The minimum absolute atomic E-state index is 0.547.